The maximum Gasteiger partial charge on any atom is 0.254 e. The molecule has 17 heavy (non-hydrogen) atoms. The normalized spacial score (nSPS) is 19.2. The number of carbonyl (C=O) groups is 1. The van der Waals surface area contributed by atoms with Crippen molar-refractivity contribution in [1.82, 2.24) is 5.32 Å². The molecule has 1 aromatic carbocycles. The largest absolute Gasteiger partial charge is 0.366 e. The van der Waals surface area contributed by atoms with E-state index in [1.165, 1.54) is 0 Å². The van der Waals surface area contributed by atoms with Crippen molar-refractivity contribution in [2.24, 2.45) is 0 Å². The summed E-state index contributed by atoms with van der Waals surface area (Å²) in [6, 6.07) is 7.68. The lowest BCUT2D eigenvalue weighted by atomic mass is 10.2. The van der Waals surface area contributed by atoms with Gasteiger partial charge in [-0.05, 0) is 46.9 Å². The van der Waals surface area contributed by atoms with Crippen LogP contribution >= 0.6 is 35.0 Å². The number of benzene rings is 1. The molecule has 1 saturated heterocycles. The number of carbonyl (C=O) groups excluding carboxylic acids is 1. The predicted octanol–water partition coefficient (Wildman–Crippen LogP) is 1.64. The van der Waals surface area contributed by atoms with Gasteiger partial charge in [0.1, 0.15) is 6.10 Å². The summed E-state index contributed by atoms with van der Waals surface area (Å²) in [6.07, 6.45) is -0.381. The van der Waals surface area contributed by atoms with Crippen LogP contribution in [0.3, 0.4) is 0 Å². The standard InChI is InChI=1S/C11H13IN2O2.ClH/c12-8-1-3-9(4-2-8)14-11(15)10-7-13-5-6-16-10;/h1-4,10,13H,5-7H2,(H,14,15);1H. The third-order valence-electron chi connectivity index (χ3n) is 2.33. The molecule has 0 bridgehead atoms. The third kappa shape index (κ3) is 4.42. The average Bonchev–Trinajstić information content (AvgIpc) is 2.33. The van der Waals surface area contributed by atoms with Crippen LogP contribution < -0.4 is 10.6 Å². The summed E-state index contributed by atoms with van der Waals surface area (Å²) in [7, 11) is 0. The van der Waals surface area contributed by atoms with Gasteiger partial charge >= 0.3 is 0 Å². The highest BCUT2D eigenvalue weighted by Crippen LogP contribution is 2.12. The second-order valence-electron chi connectivity index (χ2n) is 3.56. The highest BCUT2D eigenvalue weighted by Gasteiger charge is 2.21. The van der Waals surface area contributed by atoms with Crippen LogP contribution in [0.15, 0.2) is 24.3 Å². The van der Waals surface area contributed by atoms with Gasteiger partial charge in [-0.15, -0.1) is 12.4 Å². The van der Waals surface area contributed by atoms with Crippen LogP contribution in [0.5, 0.6) is 0 Å². The average molecular weight is 369 g/mol. The Morgan fingerprint density at radius 2 is 2.12 bits per heavy atom. The number of hydrogen-bond donors (Lipinski definition) is 2. The van der Waals surface area contributed by atoms with Gasteiger partial charge < -0.3 is 15.4 Å². The first-order valence-corrected chi connectivity index (χ1v) is 6.22. The Labute approximate surface area is 120 Å². The Balaban J connectivity index is 0.00000144. The van der Waals surface area contributed by atoms with Gasteiger partial charge in [0, 0.05) is 22.3 Å². The quantitative estimate of drug-likeness (QED) is 0.781. The summed E-state index contributed by atoms with van der Waals surface area (Å²) in [5.74, 6) is -0.0894. The van der Waals surface area contributed by atoms with Crippen molar-refractivity contribution in [2.75, 3.05) is 25.0 Å². The zero-order chi connectivity index (χ0) is 11.4. The zero-order valence-corrected chi connectivity index (χ0v) is 12.1. The van der Waals surface area contributed by atoms with Gasteiger partial charge in [0.15, 0.2) is 0 Å². The fourth-order valence-electron chi connectivity index (χ4n) is 1.49. The molecule has 1 heterocycles. The molecule has 0 saturated carbocycles. The number of rotatable bonds is 2. The van der Waals surface area contributed by atoms with Crippen LogP contribution in [0, 0.1) is 3.57 Å². The van der Waals surface area contributed by atoms with Crippen molar-refractivity contribution in [2.45, 2.75) is 6.10 Å². The lowest BCUT2D eigenvalue weighted by molar-refractivity contribution is -0.128. The van der Waals surface area contributed by atoms with E-state index >= 15 is 0 Å². The maximum absolute atomic E-state index is 11.8. The molecule has 1 unspecified atom stereocenters. The molecule has 94 valence electrons. The van der Waals surface area contributed by atoms with Crippen LogP contribution in [0.2, 0.25) is 0 Å². The van der Waals surface area contributed by atoms with Gasteiger partial charge in [-0.1, -0.05) is 0 Å². The number of amides is 1. The SMILES string of the molecule is Cl.O=C(Nc1ccc(I)cc1)C1CNCCO1. The molecule has 2 N–H and O–H groups in total. The molecule has 1 amide bonds. The van der Waals surface area contributed by atoms with Crippen LogP contribution in [0.1, 0.15) is 0 Å². The molecular weight excluding hydrogens is 354 g/mol. The molecule has 0 aromatic heterocycles. The van der Waals surface area contributed by atoms with Crippen molar-refractivity contribution >= 4 is 46.6 Å². The number of hydrogen-bond acceptors (Lipinski definition) is 3. The van der Waals surface area contributed by atoms with E-state index in [9.17, 15) is 4.79 Å². The highest BCUT2D eigenvalue weighted by atomic mass is 127. The minimum atomic E-state index is -0.381. The first-order valence-electron chi connectivity index (χ1n) is 5.14. The Hall–Kier alpha value is -0.370. The number of morpholine rings is 1. The molecule has 0 spiro atoms. The Kier molecular flexibility index (Phi) is 6.18. The van der Waals surface area contributed by atoms with Crippen LogP contribution in [-0.4, -0.2) is 31.7 Å². The summed E-state index contributed by atoms with van der Waals surface area (Å²) in [5.41, 5.74) is 0.805. The van der Waals surface area contributed by atoms with Gasteiger partial charge in [0.25, 0.3) is 5.91 Å². The molecule has 2 rings (SSSR count). The molecule has 1 aromatic rings. The summed E-state index contributed by atoms with van der Waals surface area (Å²) in [4.78, 5) is 11.8. The van der Waals surface area contributed by atoms with E-state index in [0.717, 1.165) is 15.8 Å². The van der Waals surface area contributed by atoms with Gasteiger partial charge in [-0.25, -0.2) is 0 Å². The first kappa shape index (κ1) is 14.7. The molecule has 1 atom stereocenters. The molecule has 0 aliphatic carbocycles. The van der Waals surface area contributed by atoms with Crippen LogP contribution in [0.25, 0.3) is 0 Å². The summed E-state index contributed by atoms with van der Waals surface area (Å²) in [5, 5.41) is 5.96. The van der Waals surface area contributed by atoms with Gasteiger partial charge in [-0.3, -0.25) is 4.79 Å². The van der Waals surface area contributed by atoms with Gasteiger partial charge in [-0.2, -0.15) is 0 Å². The molecule has 1 aliphatic rings. The lowest BCUT2D eigenvalue weighted by Crippen LogP contribution is -2.45. The van der Waals surface area contributed by atoms with Crippen molar-refractivity contribution in [3.8, 4) is 0 Å². The van der Waals surface area contributed by atoms with E-state index in [1.807, 2.05) is 24.3 Å². The fourth-order valence-corrected chi connectivity index (χ4v) is 1.85. The van der Waals surface area contributed by atoms with E-state index in [0.29, 0.717) is 13.2 Å². The molecule has 4 nitrogen and oxygen atoms in total. The number of nitrogens with one attached hydrogen (secondary N) is 2. The van der Waals surface area contributed by atoms with Crippen LogP contribution in [-0.2, 0) is 9.53 Å². The highest BCUT2D eigenvalue weighted by molar-refractivity contribution is 14.1. The number of halogens is 2. The molecule has 1 fully saturated rings. The monoisotopic (exact) mass is 368 g/mol. The van der Waals surface area contributed by atoms with E-state index in [1.54, 1.807) is 0 Å². The second kappa shape index (κ2) is 7.15. The van der Waals surface area contributed by atoms with Gasteiger partial charge in [0.2, 0.25) is 0 Å². The first-order chi connectivity index (χ1) is 7.75. The predicted molar refractivity (Wildman–Crippen MR) is 77.6 cm³/mol. The minimum absolute atomic E-state index is 0. The van der Waals surface area contributed by atoms with E-state index in [2.05, 4.69) is 33.2 Å². The van der Waals surface area contributed by atoms with E-state index in [-0.39, 0.29) is 24.4 Å². The minimum Gasteiger partial charge on any atom is -0.366 e. The summed E-state index contributed by atoms with van der Waals surface area (Å²) in [6.45, 7) is 1.98. The topological polar surface area (TPSA) is 50.4 Å². The smallest absolute Gasteiger partial charge is 0.254 e. The van der Waals surface area contributed by atoms with Crippen molar-refractivity contribution in [1.29, 1.82) is 0 Å². The second-order valence-corrected chi connectivity index (χ2v) is 4.81. The molecule has 0 radical (unpaired) electrons. The Morgan fingerprint density at radius 3 is 2.71 bits per heavy atom. The number of ether oxygens (including phenoxy) is 1. The zero-order valence-electron chi connectivity index (χ0n) is 9.11. The third-order valence-corrected chi connectivity index (χ3v) is 3.05. The maximum atomic E-state index is 11.8. The van der Waals surface area contributed by atoms with Gasteiger partial charge in [0.05, 0.1) is 6.61 Å². The Morgan fingerprint density at radius 1 is 1.41 bits per heavy atom. The molecule has 6 heteroatoms. The number of anilines is 1. The summed E-state index contributed by atoms with van der Waals surface area (Å²) < 4.78 is 6.50. The fraction of sp³-hybridized carbons (Fsp3) is 0.364. The van der Waals surface area contributed by atoms with E-state index in [4.69, 9.17) is 4.74 Å². The summed E-state index contributed by atoms with van der Waals surface area (Å²) >= 11 is 2.23. The molecular formula is C11H14ClIN2O2. The van der Waals surface area contributed by atoms with E-state index < -0.39 is 0 Å². The lowest BCUT2D eigenvalue weighted by Gasteiger charge is -2.22. The van der Waals surface area contributed by atoms with Crippen molar-refractivity contribution < 1.29 is 9.53 Å². The van der Waals surface area contributed by atoms with Crippen molar-refractivity contribution in [3.05, 3.63) is 27.8 Å². The van der Waals surface area contributed by atoms with Crippen molar-refractivity contribution in [3.63, 3.8) is 0 Å². The molecule has 1 aliphatic heterocycles. The Bertz CT molecular complexity index is 366. The van der Waals surface area contributed by atoms with Crippen LogP contribution in [0.4, 0.5) is 5.69 Å².